The van der Waals surface area contributed by atoms with Crippen LogP contribution in [-0.4, -0.2) is 27.8 Å². The average Bonchev–Trinajstić information content (AvgIpc) is 3.48. The van der Waals surface area contributed by atoms with Crippen LogP contribution in [0, 0.1) is 16.7 Å². The van der Waals surface area contributed by atoms with Crippen LogP contribution in [0.2, 0.25) is 0 Å². The molecule has 0 aliphatic heterocycles. The number of hydrogen-bond acceptors (Lipinski definition) is 6. The van der Waals surface area contributed by atoms with Crippen LogP contribution in [0.4, 0.5) is 0 Å². The summed E-state index contributed by atoms with van der Waals surface area (Å²) in [5, 5.41) is 18.1. The van der Waals surface area contributed by atoms with Gasteiger partial charge in [0.05, 0.1) is 10.8 Å². The summed E-state index contributed by atoms with van der Waals surface area (Å²) in [6, 6.07) is 22.1. The van der Waals surface area contributed by atoms with Crippen LogP contribution >= 0.6 is 0 Å². The number of aromatic hydroxyl groups is 2. The minimum atomic E-state index is -0.474. The highest BCUT2D eigenvalue weighted by Gasteiger charge is 2.40. The van der Waals surface area contributed by atoms with E-state index in [9.17, 15) is 9.59 Å². The summed E-state index contributed by atoms with van der Waals surface area (Å²) in [5.74, 6) is 1.59. The van der Waals surface area contributed by atoms with Crippen LogP contribution in [0.25, 0.3) is 0 Å². The molecule has 4 rings (SSSR count). The molecule has 6 heteroatoms. The first-order valence-corrected chi connectivity index (χ1v) is 16.6. The van der Waals surface area contributed by atoms with E-state index in [1.807, 2.05) is 67.5 Å². The third kappa shape index (κ3) is 11.2. The number of ether oxygens (including phenoxy) is 2. The van der Waals surface area contributed by atoms with Gasteiger partial charge in [-0.05, 0) is 133 Å². The minimum absolute atomic E-state index is 0.0824. The minimum Gasteiger partial charge on any atom is -0.508 e. The van der Waals surface area contributed by atoms with Gasteiger partial charge in [-0.25, -0.2) is 0 Å². The third-order valence-electron chi connectivity index (χ3n) is 9.38. The van der Waals surface area contributed by atoms with Gasteiger partial charge in [0.1, 0.15) is 22.8 Å². The van der Waals surface area contributed by atoms with Crippen LogP contribution < -0.4 is 4.74 Å². The van der Waals surface area contributed by atoms with Crippen molar-refractivity contribution in [3.05, 3.63) is 89.5 Å². The first-order chi connectivity index (χ1) is 21.4. The number of rotatable bonds is 9. The Kier molecular flexibility index (Phi) is 13.9. The van der Waals surface area contributed by atoms with Gasteiger partial charge in [0, 0.05) is 5.92 Å². The molecule has 0 spiro atoms. The van der Waals surface area contributed by atoms with Gasteiger partial charge < -0.3 is 19.7 Å². The van der Waals surface area contributed by atoms with Crippen molar-refractivity contribution >= 4 is 11.9 Å². The van der Waals surface area contributed by atoms with E-state index in [2.05, 4.69) is 38.1 Å². The van der Waals surface area contributed by atoms with Gasteiger partial charge in [-0.3, -0.25) is 9.59 Å². The predicted molar refractivity (Wildman–Crippen MR) is 186 cm³/mol. The fourth-order valence-corrected chi connectivity index (χ4v) is 4.60. The Bertz CT molecular complexity index is 1360. The molecule has 1 aliphatic rings. The molecule has 252 valence electrons. The van der Waals surface area contributed by atoms with Crippen molar-refractivity contribution in [3.8, 4) is 17.2 Å². The monoisotopic (exact) mass is 632 g/mol. The summed E-state index contributed by atoms with van der Waals surface area (Å²) < 4.78 is 11.0. The third-order valence-corrected chi connectivity index (χ3v) is 9.38. The maximum atomic E-state index is 12.3. The van der Waals surface area contributed by atoms with E-state index in [1.54, 1.807) is 24.3 Å². The Balaban J connectivity index is 0.000000252. The van der Waals surface area contributed by atoms with Crippen LogP contribution in [0.3, 0.4) is 0 Å². The number of phenolic OH excluding ortho intramolecular Hbond substituents is 2. The Hall–Kier alpha value is -3.80. The van der Waals surface area contributed by atoms with Crippen molar-refractivity contribution in [2.24, 2.45) is 16.7 Å². The highest BCUT2D eigenvalue weighted by atomic mass is 16.6. The number of phenols is 2. The number of fused-ring (bicyclic) bond motifs is 1. The first-order valence-electron chi connectivity index (χ1n) is 16.6. The molecule has 0 heterocycles. The maximum Gasteiger partial charge on any atom is 0.316 e. The SMILES string of the molecule is CCC(C)(C)C(=O)OC(C)(C)C1Cc2ccccc2C1.CCC(C)(C)C(=O)Oc1ccc(O)cc1.CCC(C)c1ccc(O)cc1. The standard InChI is InChI=1S/C18H26O2.C12H16O3.C10H14O/c1-6-17(2,3)16(19)20-18(4,5)15-11-13-9-7-8-10-14(13)12-15;1-4-12(2,3)11(14)15-10-7-5-9(13)6-8-10;1-3-8(2)9-4-6-10(11)7-5-9/h7-10,15H,6,11-12H2,1-5H3;5-8,13H,4H2,1-3H3;4-8,11H,3H2,1-2H3. The summed E-state index contributed by atoms with van der Waals surface area (Å²) in [4.78, 5) is 24.0. The Morgan fingerprint density at radius 1 is 0.717 bits per heavy atom. The molecule has 0 bridgehead atoms. The van der Waals surface area contributed by atoms with Crippen molar-refractivity contribution in [3.63, 3.8) is 0 Å². The predicted octanol–water partition coefficient (Wildman–Crippen LogP) is 9.80. The molecule has 1 unspecified atom stereocenters. The van der Waals surface area contributed by atoms with E-state index >= 15 is 0 Å². The molecule has 46 heavy (non-hydrogen) atoms. The zero-order chi connectivity index (χ0) is 34.7. The number of carbonyl (C=O) groups excluding carboxylic acids is 2. The molecule has 1 aliphatic carbocycles. The normalized spacial score (nSPS) is 13.7. The van der Waals surface area contributed by atoms with E-state index in [0.29, 0.717) is 23.3 Å². The quantitative estimate of drug-likeness (QED) is 0.180. The van der Waals surface area contributed by atoms with Crippen LogP contribution in [-0.2, 0) is 27.2 Å². The molecule has 0 saturated carbocycles. The number of benzene rings is 3. The van der Waals surface area contributed by atoms with Crippen LogP contribution in [0.5, 0.6) is 17.2 Å². The van der Waals surface area contributed by atoms with E-state index < -0.39 is 16.4 Å². The molecule has 6 nitrogen and oxygen atoms in total. The molecule has 0 fully saturated rings. The molecule has 1 atom stereocenters. The van der Waals surface area contributed by atoms with Crippen molar-refractivity contribution in [1.82, 2.24) is 0 Å². The zero-order valence-corrected chi connectivity index (χ0v) is 29.6. The van der Waals surface area contributed by atoms with Gasteiger partial charge in [0.2, 0.25) is 0 Å². The largest absolute Gasteiger partial charge is 0.508 e. The number of carbonyl (C=O) groups is 2. The maximum absolute atomic E-state index is 12.3. The summed E-state index contributed by atoms with van der Waals surface area (Å²) in [7, 11) is 0. The summed E-state index contributed by atoms with van der Waals surface area (Å²) in [6.45, 7) is 20.0. The first kappa shape index (κ1) is 38.4. The highest BCUT2D eigenvalue weighted by Crippen LogP contribution is 2.37. The van der Waals surface area contributed by atoms with Gasteiger partial charge in [-0.2, -0.15) is 0 Å². The van der Waals surface area contributed by atoms with Gasteiger partial charge in [0.15, 0.2) is 0 Å². The Morgan fingerprint density at radius 2 is 1.15 bits per heavy atom. The van der Waals surface area contributed by atoms with Gasteiger partial charge >= 0.3 is 11.9 Å². The Morgan fingerprint density at radius 3 is 1.59 bits per heavy atom. The topological polar surface area (TPSA) is 93.1 Å². The number of hydrogen-bond donors (Lipinski definition) is 2. The second-order valence-corrected chi connectivity index (χ2v) is 14.1. The molecule has 3 aromatic rings. The fourth-order valence-electron chi connectivity index (χ4n) is 4.60. The lowest BCUT2D eigenvalue weighted by atomic mass is 9.86. The molecule has 0 radical (unpaired) electrons. The van der Waals surface area contributed by atoms with E-state index in [1.165, 1.54) is 28.8 Å². The van der Waals surface area contributed by atoms with Crippen molar-refractivity contribution in [2.45, 2.75) is 113 Å². The second-order valence-electron chi connectivity index (χ2n) is 14.1. The van der Waals surface area contributed by atoms with E-state index in [4.69, 9.17) is 19.7 Å². The molecule has 0 saturated heterocycles. The van der Waals surface area contributed by atoms with Crippen LogP contribution in [0.1, 0.15) is 111 Å². The van der Waals surface area contributed by atoms with Crippen LogP contribution in [0.15, 0.2) is 72.8 Å². The van der Waals surface area contributed by atoms with E-state index in [0.717, 1.165) is 32.1 Å². The van der Waals surface area contributed by atoms with Gasteiger partial charge in [-0.1, -0.05) is 64.1 Å². The highest BCUT2D eigenvalue weighted by molar-refractivity contribution is 5.78. The zero-order valence-electron chi connectivity index (χ0n) is 29.6. The Labute approximate surface area is 277 Å². The van der Waals surface area contributed by atoms with Crippen molar-refractivity contribution in [1.29, 1.82) is 0 Å². The molecular weight excluding hydrogens is 576 g/mol. The molecule has 0 aromatic heterocycles. The fraction of sp³-hybridized carbons (Fsp3) is 0.500. The second kappa shape index (κ2) is 16.7. The summed E-state index contributed by atoms with van der Waals surface area (Å²) in [5.41, 5.74) is 2.81. The lowest BCUT2D eigenvalue weighted by Crippen LogP contribution is -2.41. The van der Waals surface area contributed by atoms with Crippen molar-refractivity contribution in [2.75, 3.05) is 0 Å². The summed E-state index contributed by atoms with van der Waals surface area (Å²) >= 11 is 0. The lowest BCUT2D eigenvalue weighted by Gasteiger charge is -2.34. The molecule has 3 aromatic carbocycles. The van der Waals surface area contributed by atoms with E-state index in [-0.39, 0.29) is 17.7 Å². The molecule has 0 amide bonds. The van der Waals surface area contributed by atoms with Gasteiger partial charge in [-0.15, -0.1) is 0 Å². The average molecular weight is 633 g/mol. The van der Waals surface area contributed by atoms with Crippen molar-refractivity contribution < 1.29 is 29.3 Å². The smallest absolute Gasteiger partial charge is 0.316 e. The lowest BCUT2D eigenvalue weighted by molar-refractivity contribution is -0.172. The number of esters is 2. The van der Waals surface area contributed by atoms with Gasteiger partial charge in [0.25, 0.3) is 0 Å². The molecular formula is C40H56O6. The summed E-state index contributed by atoms with van der Waals surface area (Å²) in [6.07, 6.45) is 4.67. The molecule has 2 N–H and O–H groups in total.